The van der Waals surface area contributed by atoms with Crippen molar-refractivity contribution in [1.82, 2.24) is 4.90 Å². The first kappa shape index (κ1) is 14.7. The summed E-state index contributed by atoms with van der Waals surface area (Å²) >= 11 is 3.45. The number of rotatable bonds is 2. The van der Waals surface area contributed by atoms with Gasteiger partial charge in [0.05, 0.1) is 0 Å². The van der Waals surface area contributed by atoms with Gasteiger partial charge in [0, 0.05) is 41.4 Å². The van der Waals surface area contributed by atoms with Crippen molar-refractivity contribution < 1.29 is 5.21 Å². The van der Waals surface area contributed by atoms with Crippen LogP contribution in [-0.2, 0) is 0 Å². The van der Waals surface area contributed by atoms with Crippen molar-refractivity contribution in [3.8, 4) is 0 Å². The summed E-state index contributed by atoms with van der Waals surface area (Å²) in [7, 11) is 0. The molecule has 1 atom stereocenters. The highest BCUT2D eigenvalue weighted by molar-refractivity contribution is 9.10. The number of piperazine rings is 1. The summed E-state index contributed by atoms with van der Waals surface area (Å²) in [5.74, 6) is 0.164. The predicted octanol–water partition coefficient (Wildman–Crippen LogP) is 2.22. The van der Waals surface area contributed by atoms with Gasteiger partial charge in [-0.2, -0.15) is 0 Å². The molecular formula is C15H21BrN4O. The minimum atomic E-state index is 0.164. The number of anilines is 1. The zero-order valence-corrected chi connectivity index (χ0v) is 13.6. The second kappa shape index (κ2) is 6.23. The Labute approximate surface area is 133 Å². The summed E-state index contributed by atoms with van der Waals surface area (Å²) in [6.45, 7) is 4.33. The quantitative estimate of drug-likeness (QED) is 0.370. The van der Waals surface area contributed by atoms with Gasteiger partial charge in [-0.05, 0) is 37.6 Å². The van der Waals surface area contributed by atoms with E-state index in [0.717, 1.165) is 35.4 Å². The van der Waals surface area contributed by atoms with E-state index in [9.17, 15) is 0 Å². The number of piperidine rings is 1. The van der Waals surface area contributed by atoms with Crippen LogP contribution in [0.1, 0.15) is 24.8 Å². The van der Waals surface area contributed by atoms with Gasteiger partial charge in [0.1, 0.15) is 0 Å². The van der Waals surface area contributed by atoms with Crippen molar-refractivity contribution in [2.45, 2.75) is 25.3 Å². The Morgan fingerprint density at radius 2 is 2.14 bits per heavy atom. The highest BCUT2D eigenvalue weighted by atomic mass is 79.9. The number of halogens is 1. The fourth-order valence-corrected chi connectivity index (χ4v) is 3.78. The van der Waals surface area contributed by atoms with Gasteiger partial charge in [0.25, 0.3) is 0 Å². The third-order valence-corrected chi connectivity index (χ3v) is 5.01. The summed E-state index contributed by atoms with van der Waals surface area (Å²) in [4.78, 5) is 4.97. The molecule has 2 aliphatic rings. The molecule has 0 amide bonds. The lowest BCUT2D eigenvalue weighted by Gasteiger charge is -2.45. The number of oxime groups is 1. The van der Waals surface area contributed by atoms with Gasteiger partial charge >= 0.3 is 0 Å². The van der Waals surface area contributed by atoms with Crippen molar-refractivity contribution in [3.63, 3.8) is 0 Å². The molecule has 0 spiro atoms. The first-order chi connectivity index (χ1) is 10.2. The maximum Gasteiger partial charge on any atom is 0.172 e. The van der Waals surface area contributed by atoms with E-state index in [0.29, 0.717) is 6.04 Å². The third-order valence-electron chi connectivity index (χ3n) is 4.52. The third kappa shape index (κ3) is 3.01. The molecule has 114 valence electrons. The summed E-state index contributed by atoms with van der Waals surface area (Å²) in [5, 5.41) is 12.2. The molecular weight excluding hydrogens is 332 g/mol. The van der Waals surface area contributed by atoms with Crippen LogP contribution in [0.2, 0.25) is 0 Å². The van der Waals surface area contributed by atoms with E-state index in [4.69, 9.17) is 10.9 Å². The molecule has 1 unspecified atom stereocenters. The van der Waals surface area contributed by atoms with Crippen molar-refractivity contribution in [3.05, 3.63) is 28.2 Å². The predicted molar refractivity (Wildman–Crippen MR) is 88.1 cm³/mol. The van der Waals surface area contributed by atoms with E-state index >= 15 is 0 Å². The van der Waals surface area contributed by atoms with E-state index < -0.39 is 0 Å². The molecule has 0 radical (unpaired) electrons. The Balaban J connectivity index is 1.86. The van der Waals surface area contributed by atoms with E-state index in [1.54, 1.807) is 0 Å². The molecule has 21 heavy (non-hydrogen) atoms. The molecule has 6 heteroatoms. The zero-order chi connectivity index (χ0) is 14.8. The average Bonchev–Trinajstić information content (AvgIpc) is 2.53. The molecule has 3 N–H and O–H groups in total. The van der Waals surface area contributed by atoms with Gasteiger partial charge < -0.3 is 15.8 Å². The number of hydrogen-bond donors (Lipinski definition) is 2. The number of benzene rings is 1. The molecule has 0 aliphatic carbocycles. The van der Waals surface area contributed by atoms with E-state index in [-0.39, 0.29) is 5.84 Å². The van der Waals surface area contributed by atoms with E-state index in [1.807, 2.05) is 12.1 Å². The van der Waals surface area contributed by atoms with Crippen molar-refractivity contribution >= 4 is 27.5 Å². The molecule has 2 aliphatic heterocycles. The first-order valence-electron chi connectivity index (χ1n) is 7.45. The van der Waals surface area contributed by atoms with Gasteiger partial charge in [-0.15, -0.1) is 0 Å². The van der Waals surface area contributed by atoms with Gasteiger partial charge in [0.2, 0.25) is 0 Å². The second-order valence-electron chi connectivity index (χ2n) is 5.78. The molecule has 5 nitrogen and oxygen atoms in total. The van der Waals surface area contributed by atoms with Crippen molar-refractivity contribution in [1.29, 1.82) is 0 Å². The molecule has 1 aromatic carbocycles. The Bertz CT molecular complexity index is 548. The zero-order valence-electron chi connectivity index (χ0n) is 12.0. The largest absolute Gasteiger partial charge is 0.409 e. The number of nitrogens with zero attached hydrogens (tertiary/aromatic N) is 3. The van der Waals surface area contributed by atoms with E-state index in [2.05, 4.69) is 37.0 Å². The van der Waals surface area contributed by atoms with Crippen LogP contribution in [0.5, 0.6) is 0 Å². The van der Waals surface area contributed by atoms with E-state index in [1.165, 1.54) is 25.8 Å². The van der Waals surface area contributed by atoms with Crippen LogP contribution in [0, 0.1) is 0 Å². The molecule has 1 aromatic rings. The fraction of sp³-hybridized carbons (Fsp3) is 0.533. The van der Waals surface area contributed by atoms with Gasteiger partial charge in [-0.25, -0.2) is 0 Å². The van der Waals surface area contributed by atoms with Crippen molar-refractivity contribution in [2.24, 2.45) is 10.9 Å². The summed E-state index contributed by atoms with van der Waals surface area (Å²) in [6, 6.07) is 6.61. The lowest BCUT2D eigenvalue weighted by molar-refractivity contribution is 0.133. The SMILES string of the molecule is N/C(=N/O)c1cc(Br)ccc1N1CCN2CCCCC2C1. The highest BCUT2D eigenvalue weighted by Crippen LogP contribution is 2.29. The monoisotopic (exact) mass is 352 g/mol. The molecule has 2 fully saturated rings. The lowest BCUT2D eigenvalue weighted by atomic mass is 9.98. The van der Waals surface area contributed by atoms with Gasteiger partial charge in [-0.1, -0.05) is 27.5 Å². The Morgan fingerprint density at radius 3 is 2.95 bits per heavy atom. The second-order valence-corrected chi connectivity index (χ2v) is 6.69. The van der Waals surface area contributed by atoms with Gasteiger partial charge in [-0.3, -0.25) is 4.90 Å². The Hall–Kier alpha value is -1.27. The Morgan fingerprint density at radius 1 is 1.29 bits per heavy atom. The molecule has 0 bridgehead atoms. The minimum Gasteiger partial charge on any atom is -0.409 e. The maximum atomic E-state index is 9.01. The van der Waals surface area contributed by atoms with Crippen molar-refractivity contribution in [2.75, 3.05) is 31.1 Å². The van der Waals surface area contributed by atoms with Crippen LogP contribution in [0.15, 0.2) is 27.8 Å². The lowest BCUT2D eigenvalue weighted by Crippen LogP contribution is -2.55. The number of hydrogen-bond acceptors (Lipinski definition) is 4. The number of fused-ring (bicyclic) bond motifs is 1. The first-order valence-corrected chi connectivity index (χ1v) is 8.25. The maximum absolute atomic E-state index is 9.01. The van der Waals surface area contributed by atoms with Crippen LogP contribution in [-0.4, -0.2) is 48.2 Å². The minimum absolute atomic E-state index is 0.164. The Kier molecular flexibility index (Phi) is 4.35. The smallest absolute Gasteiger partial charge is 0.172 e. The standard InChI is InChI=1S/C15H21BrN4O/c16-11-4-5-14(13(9-11)15(17)18-21)20-8-7-19-6-2-1-3-12(19)10-20/h4-5,9,12,21H,1-3,6-8,10H2,(H2,17,18). The summed E-state index contributed by atoms with van der Waals surface area (Å²) in [6.07, 6.45) is 3.92. The fourth-order valence-electron chi connectivity index (χ4n) is 3.42. The van der Waals surface area contributed by atoms with Crippen LogP contribution >= 0.6 is 15.9 Å². The normalized spacial score (nSPS) is 24.0. The van der Waals surface area contributed by atoms with Crippen LogP contribution in [0.4, 0.5) is 5.69 Å². The van der Waals surface area contributed by atoms with Crippen LogP contribution in [0.3, 0.4) is 0 Å². The molecule has 3 rings (SSSR count). The van der Waals surface area contributed by atoms with Crippen LogP contribution < -0.4 is 10.6 Å². The number of nitrogens with two attached hydrogens (primary N) is 1. The van der Waals surface area contributed by atoms with Crippen LogP contribution in [0.25, 0.3) is 0 Å². The van der Waals surface area contributed by atoms with Gasteiger partial charge in [0.15, 0.2) is 5.84 Å². The molecule has 2 heterocycles. The molecule has 0 saturated carbocycles. The summed E-state index contributed by atoms with van der Waals surface area (Å²) in [5.41, 5.74) is 7.69. The highest BCUT2D eigenvalue weighted by Gasteiger charge is 2.30. The number of amidine groups is 1. The average molecular weight is 353 g/mol. The topological polar surface area (TPSA) is 65.1 Å². The molecule has 2 saturated heterocycles. The molecule has 0 aromatic heterocycles. The summed E-state index contributed by atoms with van der Waals surface area (Å²) < 4.78 is 0.934.